The van der Waals surface area contributed by atoms with Crippen LogP contribution in [0.1, 0.15) is 33.1 Å². The van der Waals surface area contributed by atoms with Gasteiger partial charge in [0.2, 0.25) is 5.91 Å². The summed E-state index contributed by atoms with van der Waals surface area (Å²) in [6.45, 7) is 8.31. The number of likely N-dealkylation sites (tertiary alicyclic amines) is 1. The maximum Gasteiger partial charge on any atom is 0.321 e. The Kier molecular flexibility index (Phi) is 4.99. The fourth-order valence-corrected chi connectivity index (χ4v) is 3.25. The number of imide groups is 1. The summed E-state index contributed by atoms with van der Waals surface area (Å²) in [5.74, 6) is -0.207. The molecule has 1 unspecified atom stereocenters. The second-order valence-electron chi connectivity index (χ2n) is 6.00. The third kappa shape index (κ3) is 3.49. The topological polar surface area (TPSA) is 73.5 Å². The van der Waals surface area contributed by atoms with Crippen molar-refractivity contribution in [2.45, 2.75) is 39.2 Å². The lowest BCUT2D eigenvalue weighted by molar-refractivity contribution is -0.124. The van der Waals surface area contributed by atoms with Crippen LogP contribution in [0.25, 0.3) is 0 Å². The molecule has 0 aliphatic carbocycles. The number of hydrogen-bond acceptors (Lipinski definition) is 4. The van der Waals surface area contributed by atoms with Crippen LogP contribution >= 0.6 is 0 Å². The van der Waals surface area contributed by atoms with E-state index >= 15 is 0 Å². The smallest absolute Gasteiger partial charge is 0.321 e. The van der Waals surface area contributed by atoms with Crippen LogP contribution in [0.4, 0.5) is 4.79 Å². The first-order valence-electron chi connectivity index (χ1n) is 7.60. The van der Waals surface area contributed by atoms with E-state index in [0.717, 1.165) is 32.6 Å². The molecule has 20 heavy (non-hydrogen) atoms. The van der Waals surface area contributed by atoms with Crippen molar-refractivity contribution in [3.63, 3.8) is 0 Å². The van der Waals surface area contributed by atoms with Crippen molar-refractivity contribution < 1.29 is 9.59 Å². The van der Waals surface area contributed by atoms with Crippen LogP contribution in [0.15, 0.2) is 0 Å². The summed E-state index contributed by atoms with van der Waals surface area (Å²) in [5.41, 5.74) is 0.380. The maximum atomic E-state index is 12.1. The summed E-state index contributed by atoms with van der Waals surface area (Å²) >= 11 is 0. The van der Waals surface area contributed by atoms with E-state index in [0.29, 0.717) is 12.0 Å². The first-order chi connectivity index (χ1) is 9.56. The van der Waals surface area contributed by atoms with Crippen molar-refractivity contribution in [2.75, 3.05) is 32.7 Å². The van der Waals surface area contributed by atoms with Crippen LogP contribution in [0, 0.1) is 5.41 Å². The van der Waals surface area contributed by atoms with E-state index in [1.165, 1.54) is 12.8 Å². The summed E-state index contributed by atoms with van der Waals surface area (Å²) in [6.07, 6.45) is 3.54. The van der Waals surface area contributed by atoms with Crippen LogP contribution in [0.5, 0.6) is 0 Å². The molecule has 2 heterocycles. The van der Waals surface area contributed by atoms with Crippen molar-refractivity contribution >= 4 is 11.9 Å². The Morgan fingerprint density at radius 3 is 2.65 bits per heavy atom. The van der Waals surface area contributed by atoms with Gasteiger partial charge in [-0.25, -0.2) is 4.79 Å². The number of nitrogens with one attached hydrogen (secondary N) is 3. The predicted molar refractivity (Wildman–Crippen MR) is 77.4 cm³/mol. The molecule has 0 radical (unpaired) electrons. The van der Waals surface area contributed by atoms with Crippen LogP contribution in [-0.2, 0) is 4.79 Å². The fourth-order valence-electron chi connectivity index (χ4n) is 3.25. The molecular formula is C14H26N4O2. The van der Waals surface area contributed by atoms with Gasteiger partial charge in [-0.3, -0.25) is 15.0 Å². The normalized spacial score (nSPS) is 23.5. The summed E-state index contributed by atoms with van der Waals surface area (Å²) in [4.78, 5) is 25.7. The molecule has 114 valence electrons. The summed E-state index contributed by atoms with van der Waals surface area (Å²) in [5, 5.41) is 8.38. The number of hydrogen-bond donors (Lipinski definition) is 3. The van der Waals surface area contributed by atoms with E-state index in [-0.39, 0.29) is 11.9 Å². The number of piperidine rings is 1. The average molecular weight is 282 g/mol. The molecule has 3 N–H and O–H groups in total. The number of carbonyl (C=O) groups excluding carboxylic acids is 2. The lowest BCUT2D eigenvalue weighted by Gasteiger charge is -2.34. The molecule has 0 aromatic rings. The van der Waals surface area contributed by atoms with E-state index in [2.05, 4.69) is 20.9 Å². The standard InChI is InChI=1S/C14H26N4O2/c1-3-16-13(20)17-12(19)11(2)18-9-6-14(10-18)4-7-15-8-5-14/h11,15H,3-10H2,1-2H3,(H2,16,17,19,20). The zero-order valence-electron chi connectivity index (χ0n) is 12.5. The second-order valence-corrected chi connectivity index (χ2v) is 6.00. The Balaban J connectivity index is 1.85. The van der Waals surface area contributed by atoms with Gasteiger partial charge in [0.15, 0.2) is 0 Å². The zero-order valence-corrected chi connectivity index (χ0v) is 12.5. The molecule has 1 atom stereocenters. The van der Waals surface area contributed by atoms with E-state index in [1.54, 1.807) is 0 Å². The Hall–Kier alpha value is -1.14. The molecule has 2 saturated heterocycles. The van der Waals surface area contributed by atoms with E-state index < -0.39 is 6.03 Å². The highest BCUT2D eigenvalue weighted by molar-refractivity contribution is 5.96. The van der Waals surface area contributed by atoms with Gasteiger partial charge < -0.3 is 10.6 Å². The van der Waals surface area contributed by atoms with Gasteiger partial charge in [0, 0.05) is 13.1 Å². The van der Waals surface area contributed by atoms with Crippen molar-refractivity contribution in [1.29, 1.82) is 0 Å². The second kappa shape index (κ2) is 6.54. The Labute approximate surface area is 120 Å². The fraction of sp³-hybridized carbons (Fsp3) is 0.857. The first-order valence-corrected chi connectivity index (χ1v) is 7.60. The van der Waals surface area contributed by atoms with Crippen LogP contribution in [0.3, 0.4) is 0 Å². The van der Waals surface area contributed by atoms with Gasteiger partial charge >= 0.3 is 6.03 Å². The highest BCUT2D eigenvalue weighted by atomic mass is 16.2. The zero-order chi connectivity index (χ0) is 14.6. The van der Waals surface area contributed by atoms with Gasteiger partial charge in [0.1, 0.15) is 0 Å². The van der Waals surface area contributed by atoms with Crippen LogP contribution in [0.2, 0.25) is 0 Å². The van der Waals surface area contributed by atoms with Crippen LogP contribution in [-0.4, -0.2) is 55.6 Å². The molecule has 6 nitrogen and oxygen atoms in total. The van der Waals surface area contributed by atoms with Gasteiger partial charge in [0.05, 0.1) is 6.04 Å². The molecule has 0 bridgehead atoms. The number of nitrogens with zero attached hydrogens (tertiary/aromatic N) is 1. The maximum absolute atomic E-state index is 12.1. The van der Waals surface area contributed by atoms with Crippen LogP contribution < -0.4 is 16.0 Å². The van der Waals surface area contributed by atoms with E-state index in [4.69, 9.17) is 0 Å². The lowest BCUT2D eigenvalue weighted by Crippen LogP contribution is -2.49. The summed E-state index contributed by atoms with van der Waals surface area (Å²) in [7, 11) is 0. The van der Waals surface area contributed by atoms with Gasteiger partial charge in [-0.05, 0) is 58.2 Å². The molecule has 2 fully saturated rings. The van der Waals surface area contributed by atoms with Crippen molar-refractivity contribution in [3.05, 3.63) is 0 Å². The number of rotatable bonds is 3. The monoisotopic (exact) mass is 282 g/mol. The predicted octanol–water partition coefficient (Wildman–Crippen LogP) is 0.296. The van der Waals surface area contributed by atoms with Gasteiger partial charge in [-0.2, -0.15) is 0 Å². The lowest BCUT2D eigenvalue weighted by atomic mass is 9.78. The Morgan fingerprint density at radius 1 is 1.30 bits per heavy atom. The molecule has 3 amide bonds. The molecule has 2 aliphatic heterocycles. The van der Waals surface area contributed by atoms with Crippen molar-refractivity contribution in [3.8, 4) is 0 Å². The van der Waals surface area contributed by atoms with Gasteiger partial charge in [-0.15, -0.1) is 0 Å². The molecule has 0 aromatic carbocycles. The highest BCUT2D eigenvalue weighted by Gasteiger charge is 2.41. The minimum absolute atomic E-state index is 0.207. The quantitative estimate of drug-likeness (QED) is 0.696. The minimum Gasteiger partial charge on any atom is -0.338 e. The molecule has 2 aliphatic rings. The molecular weight excluding hydrogens is 256 g/mol. The SMILES string of the molecule is CCNC(=O)NC(=O)C(C)N1CCC2(CCNCC2)C1. The first kappa shape index (κ1) is 15.3. The Morgan fingerprint density at radius 2 is 2.00 bits per heavy atom. The molecule has 0 saturated carbocycles. The average Bonchev–Trinajstić information content (AvgIpc) is 2.82. The number of urea groups is 1. The molecule has 2 rings (SSSR count). The minimum atomic E-state index is -0.403. The Bertz CT molecular complexity index is 366. The highest BCUT2D eigenvalue weighted by Crippen LogP contribution is 2.39. The molecule has 6 heteroatoms. The van der Waals surface area contributed by atoms with E-state index in [9.17, 15) is 9.59 Å². The van der Waals surface area contributed by atoms with Gasteiger partial charge in [-0.1, -0.05) is 0 Å². The number of amides is 3. The molecule has 1 spiro atoms. The van der Waals surface area contributed by atoms with Crippen molar-refractivity contribution in [2.24, 2.45) is 5.41 Å². The summed E-state index contributed by atoms with van der Waals surface area (Å²) < 4.78 is 0. The summed E-state index contributed by atoms with van der Waals surface area (Å²) in [6, 6.07) is -0.646. The largest absolute Gasteiger partial charge is 0.338 e. The van der Waals surface area contributed by atoms with Crippen molar-refractivity contribution in [1.82, 2.24) is 20.9 Å². The molecule has 0 aromatic heterocycles. The third-order valence-corrected chi connectivity index (χ3v) is 4.63. The van der Waals surface area contributed by atoms with E-state index in [1.807, 2.05) is 13.8 Å². The number of carbonyl (C=O) groups is 2. The third-order valence-electron chi connectivity index (χ3n) is 4.63. The van der Waals surface area contributed by atoms with Gasteiger partial charge in [0.25, 0.3) is 0 Å².